The lowest BCUT2D eigenvalue weighted by Gasteiger charge is -2.64. The Morgan fingerprint density at radius 2 is 1.85 bits per heavy atom. The third kappa shape index (κ3) is 3.75. The Hall–Kier alpha value is -2.11. The molecule has 6 rings (SSSR count). The van der Waals surface area contributed by atoms with Gasteiger partial charge in [-0.1, -0.05) is 13.8 Å². The summed E-state index contributed by atoms with van der Waals surface area (Å²) in [7, 11) is 1.41. The lowest BCUT2D eigenvalue weighted by molar-refractivity contribution is -0.252. The van der Waals surface area contributed by atoms with Crippen molar-refractivity contribution in [2.45, 2.75) is 95.6 Å². The minimum atomic E-state index is -1.42. The Bertz CT molecular complexity index is 1180. The second-order valence-electron chi connectivity index (χ2n) is 13.2. The van der Waals surface area contributed by atoms with Crippen molar-refractivity contribution >= 4 is 17.5 Å². The van der Waals surface area contributed by atoms with Crippen LogP contribution in [0.1, 0.15) is 59.3 Å². The summed E-state index contributed by atoms with van der Waals surface area (Å²) < 4.78 is 22.1. The Morgan fingerprint density at radius 3 is 2.52 bits per heavy atom. The highest BCUT2D eigenvalue weighted by Gasteiger charge is 2.74. The predicted molar refractivity (Wildman–Crippen MR) is 138 cm³/mol. The lowest BCUT2D eigenvalue weighted by Crippen LogP contribution is -2.71. The summed E-state index contributed by atoms with van der Waals surface area (Å²) in [5.41, 5.74) is -2.41. The highest BCUT2D eigenvalue weighted by atomic mass is 16.7. The lowest BCUT2D eigenvalue weighted by atomic mass is 9.42. The summed E-state index contributed by atoms with van der Waals surface area (Å²) in [5.74, 6) is -2.40. The van der Waals surface area contributed by atoms with Gasteiger partial charge in [0.15, 0.2) is 11.5 Å². The van der Waals surface area contributed by atoms with Crippen molar-refractivity contribution < 1.29 is 48.7 Å². The topological polar surface area (TPSA) is 149 Å². The first-order valence-electron chi connectivity index (χ1n) is 14.5. The van der Waals surface area contributed by atoms with E-state index >= 15 is 0 Å². The second-order valence-corrected chi connectivity index (χ2v) is 13.2. The van der Waals surface area contributed by atoms with Crippen molar-refractivity contribution in [2.24, 2.45) is 34.5 Å². The van der Waals surface area contributed by atoms with Gasteiger partial charge in [0, 0.05) is 17.4 Å². The molecule has 2 heterocycles. The molecule has 2 aliphatic heterocycles. The van der Waals surface area contributed by atoms with Crippen molar-refractivity contribution in [3.8, 4) is 0 Å². The number of fused-ring (bicyclic) bond motifs is 5. The summed E-state index contributed by atoms with van der Waals surface area (Å²) in [5, 5.41) is 35.3. The van der Waals surface area contributed by atoms with Gasteiger partial charge >= 0.3 is 5.97 Å². The summed E-state index contributed by atoms with van der Waals surface area (Å²) in [6.07, 6.45) is 1.28. The molecule has 0 aromatic carbocycles. The molecule has 10 heteroatoms. The third-order valence-corrected chi connectivity index (χ3v) is 11.5. The van der Waals surface area contributed by atoms with Crippen molar-refractivity contribution in [3.05, 3.63) is 23.5 Å². The number of esters is 1. The number of cyclic esters (lactones) is 1. The molecule has 0 saturated heterocycles. The van der Waals surface area contributed by atoms with Crippen molar-refractivity contribution in [3.63, 3.8) is 0 Å². The fourth-order valence-corrected chi connectivity index (χ4v) is 9.48. The highest BCUT2D eigenvalue weighted by Crippen LogP contribution is 2.69. The van der Waals surface area contributed by atoms with Crippen LogP contribution in [0, 0.1) is 34.5 Å². The van der Waals surface area contributed by atoms with Gasteiger partial charge in [-0.05, 0) is 80.3 Å². The number of rotatable bonds is 4. The van der Waals surface area contributed by atoms with Gasteiger partial charge in [-0.3, -0.25) is 9.59 Å². The standard InChI is InChI=1S/C30H40O10/c1-14-9-21(37-4)24(33)27(39-14)40-20-11-16-5-6-18-23(28(16,2)12-19(20)31)25(34)26(35)29(3)17(7-8-30(18,29)36)15-10-22(32)38-13-15/h9-10,14,16-20,23,26-27,31,35-36H,5-8,11-13H2,1-4H3. The summed E-state index contributed by atoms with van der Waals surface area (Å²) >= 11 is 0. The van der Waals surface area contributed by atoms with Crippen LogP contribution in [-0.2, 0) is 33.3 Å². The molecule has 4 saturated carbocycles. The number of Topliss-reactive ketones (excluding diaryl/α,β-unsaturated/α-hetero) is 2. The van der Waals surface area contributed by atoms with E-state index in [4.69, 9.17) is 18.9 Å². The van der Waals surface area contributed by atoms with E-state index in [0.717, 1.165) is 5.57 Å². The Balaban J connectivity index is 1.26. The van der Waals surface area contributed by atoms with E-state index in [1.165, 1.54) is 13.2 Å². The van der Waals surface area contributed by atoms with Crippen LogP contribution in [0.5, 0.6) is 0 Å². The molecule has 4 fully saturated rings. The predicted octanol–water partition coefficient (Wildman–Crippen LogP) is 1.59. The number of hydrogen-bond acceptors (Lipinski definition) is 10. The van der Waals surface area contributed by atoms with E-state index in [0.29, 0.717) is 32.1 Å². The number of methoxy groups -OCH3 is 1. The molecule has 0 aromatic rings. The van der Waals surface area contributed by atoms with Gasteiger partial charge < -0.3 is 34.3 Å². The number of aliphatic hydroxyl groups is 3. The quantitative estimate of drug-likeness (QED) is 0.433. The Labute approximate surface area is 233 Å². The molecule has 12 unspecified atom stereocenters. The van der Waals surface area contributed by atoms with Crippen LogP contribution in [0.4, 0.5) is 0 Å². The zero-order valence-corrected chi connectivity index (χ0v) is 23.5. The number of hydrogen-bond donors (Lipinski definition) is 3. The normalized spacial score (nSPS) is 50.4. The third-order valence-electron chi connectivity index (χ3n) is 11.5. The first-order chi connectivity index (χ1) is 18.8. The summed E-state index contributed by atoms with van der Waals surface area (Å²) in [6.45, 7) is 5.66. The van der Waals surface area contributed by atoms with Gasteiger partial charge in [0.1, 0.15) is 12.7 Å². The first-order valence-corrected chi connectivity index (χ1v) is 14.5. The number of carbonyl (C=O) groups is 3. The second kappa shape index (κ2) is 9.46. The van der Waals surface area contributed by atoms with Gasteiger partial charge in [0.2, 0.25) is 6.29 Å². The molecule has 220 valence electrons. The van der Waals surface area contributed by atoms with E-state index < -0.39 is 64.8 Å². The fraction of sp³-hybridized carbons (Fsp3) is 0.767. The van der Waals surface area contributed by atoms with E-state index in [2.05, 4.69) is 0 Å². The molecule has 0 amide bonds. The maximum atomic E-state index is 14.1. The zero-order valence-electron chi connectivity index (χ0n) is 23.5. The monoisotopic (exact) mass is 560 g/mol. The van der Waals surface area contributed by atoms with Crippen LogP contribution in [0.15, 0.2) is 23.5 Å². The largest absolute Gasteiger partial charge is 0.493 e. The average Bonchev–Trinajstić information content (AvgIpc) is 3.45. The number of ketones is 2. The highest BCUT2D eigenvalue weighted by molar-refractivity contribution is 5.97. The van der Waals surface area contributed by atoms with Crippen LogP contribution in [0.25, 0.3) is 0 Å². The molecule has 0 bridgehead atoms. The maximum absolute atomic E-state index is 14.1. The minimum Gasteiger partial charge on any atom is -0.493 e. The first kappa shape index (κ1) is 28.0. The Kier molecular flexibility index (Phi) is 6.63. The van der Waals surface area contributed by atoms with Crippen LogP contribution in [0.3, 0.4) is 0 Å². The van der Waals surface area contributed by atoms with Crippen LogP contribution in [0.2, 0.25) is 0 Å². The molecule has 12 atom stereocenters. The van der Waals surface area contributed by atoms with Gasteiger partial charge in [-0.2, -0.15) is 0 Å². The summed E-state index contributed by atoms with van der Waals surface area (Å²) in [6, 6.07) is 0. The number of ether oxygens (including phenoxy) is 4. The van der Waals surface area contributed by atoms with Crippen LogP contribution in [-0.4, -0.2) is 82.9 Å². The van der Waals surface area contributed by atoms with Crippen LogP contribution >= 0.6 is 0 Å². The number of carbonyl (C=O) groups excluding carboxylic acids is 3. The van der Waals surface area contributed by atoms with Gasteiger partial charge in [0.05, 0.1) is 31.0 Å². The molecule has 40 heavy (non-hydrogen) atoms. The fourth-order valence-electron chi connectivity index (χ4n) is 9.48. The van der Waals surface area contributed by atoms with Gasteiger partial charge in [-0.15, -0.1) is 0 Å². The van der Waals surface area contributed by atoms with Crippen LogP contribution < -0.4 is 0 Å². The van der Waals surface area contributed by atoms with Gasteiger partial charge in [-0.25, -0.2) is 4.79 Å². The van der Waals surface area contributed by atoms with Crippen molar-refractivity contribution in [1.29, 1.82) is 0 Å². The molecule has 6 aliphatic rings. The molecule has 4 aliphatic carbocycles. The molecular formula is C30H40O10. The minimum absolute atomic E-state index is 0.0272. The molecule has 10 nitrogen and oxygen atoms in total. The molecular weight excluding hydrogens is 520 g/mol. The smallest absolute Gasteiger partial charge is 0.331 e. The molecule has 0 radical (unpaired) electrons. The van der Waals surface area contributed by atoms with Crippen molar-refractivity contribution in [2.75, 3.05) is 13.7 Å². The molecule has 0 spiro atoms. The van der Waals surface area contributed by atoms with E-state index in [1.807, 2.05) is 6.92 Å². The van der Waals surface area contributed by atoms with E-state index in [9.17, 15) is 29.7 Å². The van der Waals surface area contributed by atoms with E-state index in [-0.39, 0.29) is 42.3 Å². The van der Waals surface area contributed by atoms with E-state index in [1.54, 1.807) is 19.9 Å². The average molecular weight is 561 g/mol. The van der Waals surface area contributed by atoms with Gasteiger partial charge in [0.25, 0.3) is 5.78 Å². The Morgan fingerprint density at radius 1 is 1.10 bits per heavy atom. The van der Waals surface area contributed by atoms with Crippen molar-refractivity contribution in [1.82, 2.24) is 0 Å². The molecule has 0 aromatic heterocycles. The molecule has 3 N–H and O–H groups in total. The summed E-state index contributed by atoms with van der Waals surface area (Å²) in [4.78, 5) is 38.7. The number of aliphatic hydroxyl groups excluding tert-OH is 2. The zero-order chi connectivity index (χ0) is 28.8. The SMILES string of the molecule is COC1=CC(C)OC(OC2CC3CCC4C(C(=O)C(O)C5(C)C(C6=CC(=O)OC6)CCC45O)C3(C)CC2O)C1=O. The maximum Gasteiger partial charge on any atom is 0.331 e.